The maximum atomic E-state index is 8.19. The molecule has 0 aromatic rings. The van der Waals surface area contributed by atoms with Gasteiger partial charge in [-0.2, -0.15) is 0 Å². The third-order valence-corrected chi connectivity index (χ3v) is 2.47. The van der Waals surface area contributed by atoms with Crippen LogP contribution in [0, 0.1) is 0 Å². The van der Waals surface area contributed by atoms with Crippen molar-refractivity contribution < 1.29 is 0 Å². The van der Waals surface area contributed by atoms with E-state index < -0.39 is 0 Å². The molecule has 82 valence electrons. The van der Waals surface area contributed by atoms with Gasteiger partial charge >= 0.3 is 0 Å². The molecule has 0 saturated carbocycles. The molecule has 0 unspecified atom stereocenters. The highest BCUT2D eigenvalue weighted by molar-refractivity contribution is 4.60. The standard InChI is InChI=1S/C11H23N3/c1-3-4-5-6-7-8-9-10-11(2)13-14-12/h11H,3-10H2,1-2H3/t11-/m0/s1. The fourth-order valence-electron chi connectivity index (χ4n) is 1.54. The maximum absolute atomic E-state index is 8.19. The zero-order valence-electron chi connectivity index (χ0n) is 9.58. The molecule has 0 aliphatic carbocycles. The highest BCUT2D eigenvalue weighted by Gasteiger charge is 1.97. The first-order valence-corrected chi connectivity index (χ1v) is 5.85. The Morgan fingerprint density at radius 3 is 2.21 bits per heavy atom. The lowest BCUT2D eigenvalue weighted by Gasteiger charge is -2.03. The van der Waals surface area contributed by atoms with E-state index in [9.17, 15) is 0 Å². The van der Waals surface area contributed by atoms with Crippen molar-refractivity contribution in [1.82, 2.24) is 0 Å². The first-order valence-electron chi connectivity index (χ1n) is 5.85. The van der Waals surface area contributed by atoms with Gasteiger partial charge in [-0.3, -0.25) is 0 Å². The second kappa shape index (κ2) is 10.4. The maximum Gasteiger partial charge on any atom is 0.0345 e. The van der Waals surface area contributed by atoms with Crippen LogP contribution in [0.5, 0.6) is 0 Å². The van der Waals surface area contributed by atoms with Crippen molar-refractivity contribution >= 4 is 0 Å². The van der Waals surface area contributed by atoms with E-state index in [1.807, 2.05) is 6.92 Å². The molecule has 0 N–H and O–H groups in total. The Labute approximate surface area is 87.5 Å². The van der Waals surface area contributed by atoms with E-state index in [0.29, 0.717) is 0 Å². The van der Waals surface area contributed by atoms with Crippen LogP contribution < -0.4 is 0 Å². The van der Waals surface area contributed by atoms with E-state index in [0.717, 1.165) is 6.42 Å². The summed E-state index contributed by atoms with van der Waals surface area (Å²) in [6.45, 7) is 4.22. The molecule has 0 rings (SSSR count). The first kappa shape index (κ1) is 13.3. The van der Waals surface area contributed by atoms with Gasteiger partial charge in [-0.25, -0.2) is 0 Å². The monoisotopic (exact) mass is 197 g/mol. The minimum absolute atomic E-state index is 0.177. The molecule has 0 amide bonds. The summed E-state index contributed by atoms with van der Waals surface area (Å²) in [6, 6.07) is 0.177. The van der Waals surface area contributed by atoms with Crippen LogP contribution in [-0.2, 0) is 0 Å². The minimum Gasteiger partial charge on any atom is -0.0909 e. The van der Waals surface area contributed by atoms with Crippen molar-refractivity contribution in [2.24, 2.45) is 5.11 Å². The van der Waals surface area contributed by atoms with Crippen LogP contribution in [0.2, 0.25) is 0 Å². The first-order chi connectivity index (χ1) is 6.81. The van der Waals surface area contributed by atoms with Crippen LogP contribution in [0.3, 0.4) is 0 Å². The van der Waals surface area contributed by atoms with Gasteiger partial charge in [0.2, 0.25) is 0 Å². The largest absolute Gasteiger partial charge is 0.0909 e. The molecule has 0 bridgehead atoms. The van der Waals surface area contributed by atoms with Crippen LogP contribution in [-0.4, -0.2) is 6.04 Å². The molecular weight excluding hydrogens is 174 g/mol. The van der Waals surface area contributed by atoms with Gasteiger partial charge in [0.1, 0.15) is 0 Å². The van der Waals surface area contributed by atoms with Crippen LogP contribution in [0.15, 0.2) is 5.11 Å². The molecule has 0 saturated heterocycles. The summed E-state index contributed by atoms with van der Waals surface area (Å²) < 4.78 is 0. The van der Waals surface area contributed by atoms with Gasteiger partial charge in [-0.1, -0.05) is 63.9 Å². The van der Waals surface area contributed by atoms with Crippen LogP contribution in [0.1, 0.15) is 65.2 Å². The topological polar surface area (TPSA) is 48.8 Å². The lowest BCUT2D eigenvalue weighted by atomic mass is 10.1. The zero-order chi connectivity index (χ0) is 10.6. The molecule has 0 aliphatic heterocycles. The Hall–Kier alpha value is -0.690. The van der Waals surface area contributed by atoms with E-state index in [2.05, 4.69) is 16.9 Å². The SMILES string of the molecule is CCCCCCCCC[C@H](C)N=[N+]=[N-]. The molecule has 0 fully saturated rings. The smallest absolute Gasteiger partial charge is 0.0345 e. The fraction of sp³-hybridized carbons (Fsp3) is 1.00. The zero-order valence-corrected chi connectivity index (χ0v) is 9.58. The lowest BCUT2D eigenvalue weighted by molar-refractivity contribution is 0.546. The molecule has 0 aliphatic rings. The van der Waals surface area contributed by atoms with Gasteiger partial charge in [0.15, 0.2) is 0 Å². The van der Waals surface area contributed by atoms with Crippen LogP contribution in [0.25, 0.3) is 10.4 Å². The number of azide groups is 1. The number of hydrogen-bond acceptors (Lipinski definition) is 1. The van der Waals surface area contributed by atoms with Gasteiger partial charge in [0, 0.05) is 11.0 Å². The second-order valence-electron chi connectivity index (χ2n) is 3.96. The average molecular weight is 197 g/mol. The summed E-state index contributed by atoms with van der Waals surface area (Å²) in [5, 5.41) is 3.65. The molecule has 3 heteroatoms. The van der Waals surface area contributed by atoms with Crippen LogP contribution >= 0.6 is 0 Å². The van der Waals surface area contributed by atoms with Crippen molar-refractivity contribution in [3.63, 3.8) is 0 Å². The molecular formula is C11H23N3. The average Bonchev–Trinajstić information content (AvgIpc) is 2.17. The summed E-state index contributed by atoms with van der Waals surface area (Å²) in [5.74, 6) is 0. The summed E-state index contributed by atoms with van der Waals surface area (Å²) in [6.07, 6.45) is 10.3. The molecule has 3 nitrogen and oxygen atoms in total. The molecule has 1 atom stereocenters. The van der Waals surface area contributed by atoms with Gasteiger partial charge in [-0.15, -0.1) is 0 Å². The Balaban J connectivity index is 3.09. The number of nitrogens with zero attached hydrogens (tertiary/aromatic N) is 3. The quantitative estimate of drug-likeness (QED) is 0.220. The minimum atomic E-state index is 0.177. The van der Waals surface area contributed by atoms with Gasteiger partial charge in [-0.05, 0) is 12.0 Å². The summed E-state index contributed by atoms with van der Waals surface area (Å²) >= 11 is 0. The number of hydrogen-bond donors (Lipinski definition) is 0. The third kappa shape index (κ3) is 9.40. The molecule has 0 spiro atoms. The van der Waals surface area contributed by atoms with Crippen molar-refractivity contribution in [3.05, 3.63) is 10.4 Å². The Kier molecular flexibility index (Phi) is 9.88. The highest BCUT2D eigenvalue weighted by Crippen LogP contribution is 2.10. The van der Waals surface area contributed by atoms with Gasteiger partial charge in [0.05, 0.1) is 0 Å². The highest BCUT2D eigenvalue weighted by atomic mass is 15.1. The fourth-order valence-corrected chi connectivity index (χ4v) is 1.54. The van der Waals surface area contributed by atoms with E-state index in [1.54, 1.807) is 0 Å². The second-order valence-corrected chi connectivity index (χ2v) is 3.96. The van der Waals surface area contributed by atoms with Crippen molar-refractivity contribution in [2.45, 2.75) is 71.3 Å². The predicted molar refractivity (Wildman–Crippen MR) is 61.2 cm³/mol. The molecule has 0 radical (unpaired) electrons. The molecule has 14 heavy (non-hydrogen) atoms. The Bertz CT molecular complexity index is 162. The summed E-state index contributed by atoms with van der Waals surface area (Å²) in [7, 11) is 0. The van der Waals surface area contributed by atoms with Crippen molar-refractivity contribution in [2.75, 3.05) is 0 Å². The number of unbranched alkanes of at least 4 members (excludes halogenated alkanes) is 6. The normalized spacial score (nSPS) is 12.1. The van der Waals surface area contributed by atoms with E-state index >= 15 is 0 Å². The summed E-state index contributed by atoms with van der Waals surface area (Å²) in [4.78, 5) is 2.80. The van der Waals surface area contributed by atoms with Crippen molar-refractivity contribution in [1.29, 1.82) is 0 Å². The molecule has 0 aromatic carbocycles. The molecule has 0 aromatic heterocycles. The third-order valence-electron chi connectivity index (χ3n) is 2.47. The Morgan fingerprint density at radius 1 is 1.07 bits per heavy atom. The summed E-state index contributed by atoms with van der Waals surface area (Å²) in [5.41, 5.74) is 8.19. The van der Waals surface area contributed by atoms with Gasteiger partial charge in [0.25, 0.3) is 0 Å². The van der Waals surface area contributed by atoms with E-state index in [-0.39, 0.29) is 6.04 Å². The lowest BCUT2D eigenvalue weighted by Crippen LogP contribution is -1.95. The van der Waals surface area contributed by atoms with Gasteiger partial charge < -0.3 is 0 Å². The number of rotatable bonds is 9. The van der Waals surface area contributed by atoms with E-state index in [1.165, 1.54) is 44.9 Å². The predicted octanol–water partition coefficient (Wildman–Crippen LogP) is 4.83. The molecule has 0 heterocycles. The van der Waals surface area contributed by atoms with Crippen molar-refractivity contribution in [3.8, 4) is 0 Å². The van der Waals surface area contributed by atoms with E-state index in [4.69, 9.17) is 5.53 Å². The Morgan fingerprint density at radius 2 is 1.64 bits per heavy atom. The van der Waals surface area contributed by atoms with Crippen LogP contribution in [0.4, 0.5) is 0 Å².